The zero-order valence-electron chi connectivity index (χ0n) is 11.9. The van der Waals surface area contributed by atoms with Gasteiger partial charge < -0.3 is 4.90 Å². The van der Waals surface area contributed by atoms with Gasteiger partial charge in [0.05, 0.1) is 0 Å². The van der Waals surface area contributed by atoms with Crippen molar-refractivity contribution in [3.63, 3.8) is 0 Å². The molecule has 1 fully saturated rings. The molecule has 2 nitrogen and oxygen atoms in total. The molecule has 3 heteroatoms. The molecule has 0 spiro atoms. The fourth-order valence-electron chi connectivity index (χ4n) is 2.35. The van der Waals surface area contributed by atoms with E-state index in [-0.39, 0.29) is 16.7 Å². The number of piperidine rings is 1. The van der Waals surface area contributed by atoms with Gasteiger partial charge in [-0.1, -0.05) is 32.9 Å². The quantitative estimate of drug-likeness (QED) is 0.716. The Morgan fingerprint density at radius 2 is 1.68 bits per heavy atom. The van der Waals surface area contributed by atoms with Crippen molar-refractivity contribution in [1.29, 1.82) is 0 Å². The second-order valence-corrected chi connectivity index (χ2v) is 6.91. The second-order valence-electron chi connectivity index (χ2n) is 6.29. The Balaban J connectivity index is 2.08. The molecule has 19 heavy (non-hydrogen) atoms. The normalized spacial score (nSPS) is 17.6. The monoisotopic (exact) mass is 279 g/mol. The highest BCUT2D eigenvalue weighted by Gasteiger charge is 2.22. The lowest BCUT2D eigenvalue weighted by molar-refractivity contribution is 0.0726. The van der Waals surface area contributed by atoms with Crippen molar-refractivity contribution in [2.24, 2.45) is 0 Å². The minimum Gasteiger partial charge on any atom is -0.339 e. The molecular weight excluding hydrogens is 258 g/mol. The lowest BCUT2D eigenvalue weighted by atomic mass is 9.86. The first-order valence-electron chi connectivity index (χ1n) is 6.92. The molecule has 1 amide bonds. The Kier molecular flexibility index (Phi) is 4.19. The molecule has 0 N–H and O–H groups in total. The van der Waals surface area contributed by atoms with E-state index in [4.69, 9.17) is 11.6 Å². The van der Waals surface area contributed by atoms with Crippen LogP contribution in [0.1, 0.15) is 49.5 Å². The summed E-state index contributed by atoms with van der Waals surface area (Å²) in [6.45, 7) is 8.07. The number of halogens is 1. The van der Waals surface area contributed by atoms with Crippen LogP contribution in [0.2, 0.25) is 0 Å². The number of carbonyl (C=O) groups is 1. The van der Waals surface area contributed by atoms with Crippen LogP contribution < -0.4 is 0 Å². The van der Waals surface area contributed by atoms with Gasteiger partial charge in [0, 0.05) is 24.0 Å². The van der Waals surface area contributed by atoms with Crippen LogP contribution in [-0.4, -0.2) is 29.3 Å². The third-order valence-electron chi connectivity index (χ3n) is 3.71. The van der Waals surface area contributed by atoms with Gasteiger partial charge in [0.25, 0.3) is 5.91 Å². The number of hydrogen-bond acceptors (Lipinski definition) is 1. The first-order chi connectivity index (χ1) is 8.88. The summed E-state index contributed by atoms with van der Waals surface area (Å²) in [4.78, 5) is 14.3. The van der Waals surface area contributed by atoms with Gasteiger partial charge in [-0.25, -0.2) is 0 Å². The van der Waals surface area contributed by atoms with E-state index in [2.05, 4.69) is 32.9 Å². The maximum atomic E-state index is 12.4. The Labute approximate surface area is 120 Å². The predicted octanol–water partition coefficient (Wildman–Crippen LogP) is 3.83. The molecule has 1 aromatic rings. The highest BCUT2D eigenvalue weighted by atomic mass is 35.5. The molecular formula is C16H22ClNO. The van der Waals surface area contributed by atoms with E-state index in [1.54, 1.807) is 0 Å². The fraction of sp³-hybridized carbons (Fsp3) is 0.562. The Morgan fingerprint density at radius 1 is 1.16 bits per heavy atom. The third kappa shape index (κ3) is 3.50. The maximum absolute atomic E-state index is 12.4. The van der Waals surface area contributed by atoms with E-state index in [1.807, 2.05) is 17.0 Å². The Hall–Kier alpha value is -1.02. The molecule has 1 heterocycles. The van der Waals surface area contributed by atoms with Crippen LogP contribution in [0.25, 0.3) is 0 Å². The lowest BCUT2D eigenvalue weighted by Gasteiger charge is -2.29. The van der Waals surface area contributed by atoms with Gasteiger partial charge in [-0.2, -0.15) is 0 Å². The van der Waals surface area contributed by atoms with Crippen LogP contribution in [0.5, 0.6) is 0 Å². The van der Waals surface area contributed by atoms with E-state index >= 15 is 0 Å². The van der Waals surface area contributed by atoms with E-state index in [9.17, 15) is 4.79 Å². The molecule has 1 aromatic carbocycles. The van der Waals surface area contributed by atoms with Crippen LogP contribution >= 0.6 is 11.6 Å². The van der Waals surface area contributed by atoms with Gasteiger partial charge in [0.1, 0.15) is 0 Å². The fourth-order valence-corrected chi connectivity index (χ4v) is 2.54. The molecule has 0 atom stereocenters. The molecule has 0 bridgehead atoms. The number of rotatable bonds is 1. The molecule has 0 aromatic heterocycles. The van der Waals surface area contributed by atoms with Crippen molar-refractivity contribution in [3.05, 3.63) is 35.4 Å². The topological polar surface area (TPSA) is 20.3 Å². The highest BCUT2D eigenvalue weighted by Crippen LogP contribution is 2.23. The number of amides is 1. The highest BCUT2D eigenvalue weighted by molar-refractivity contribution is 6.20. The molecule has 104 valence electrons. The van der Waals surface area contributed by atoms with Crippen LogP contribution in [0.4, 0.5) is 0 Å². The van der Waals surface area contributed by atoms with Crippen LogP contribution in [0, 0.1) is 0 Å². The lowest BCUT2D eigenvalue weighted by Crippen LogP contribution is -2.38. The molecule has 0 radical (unpaired) electrons. The summed E-state index contributed by atoms with van der Waals surface area (Å²) in [5, 5.41) is 0.229. The minimum atomic E-state index is 0.124. The van der Waals surface area contributed by atoms with E-state index in [1.165, 1.54) is 5.56 Å². The summed E-state index contributed by atoms with van der Waals surface area (Å²) in [6.07, 6.45) is 1.79. The molecule has 1 aliphatic rings. The zero-order valence-corrected chi connectivity index (χ0v) is 12.7. The van der Waals surface area contributed by atoms with Gasteiger partial charge in [-0.3, -0.25) is 4.79 Å². The van der Waals surface area contributed by atoms with Crippen molar-refractivity contribution in [2.45, 2.75) is 44.4 Å². The summed E-state index contributed by atoms with van der Waals surface area (Å²) >= 11 is 6.07. The largest absolute Gasteiger partial charge is 0.339 e. The minimum absolute atomic E-state index is 0.124. The van der Waals surface area contributed by atoms with Crippen LogP contribution in [0.15, 0.2) is 24.3 Å². The van der Waals surface area contributed by atoms with Gasteiger partial charge in [-0.15, -0.1) is 11.6 Å². The molecule has 2 rings (SSSR count). The van der Waals surface area contributed by atoms with Crippen LogP contribution in [-0.2, 0) is 5.41 Å². The van der Waals surface area contributed by atoms with Crippen molar-refractivity contribution in [2.75, 3.05) is 13.1 Å². The second kappa shape index (κ2) is 5.54. The van der Waals surface area contributed by atoms with Gasteiger partial charge in [0.2, 0.25) is 0 Å². The molecule has 1 aliphatic heterocycles. The number of hydrogen-bond donors (Lipinski definition) is 0. The van der Waals surface area contributed by atoms with Crippen molar-refractivity contribution < 1.29 is 4.79 Å². The average molecular weight is 280 g/mol. The summed E-state index contributed by atoms with van der Waals surface area (Å²) in [7, 11) is 0. The SMILES string of the molecule is CC(C)(C)c1ccc(C(=O)N2CCC(Cl)CC2)cc1. The summed E-state index contributed by atoms with van der Waals surface area (Å²) < 4.78 is 0. The number of nitrogens with zero attached hydrogens (tertiary/aromatic N) is 1. The number of alkyl halides is 1. The molecule has 0 aliphatic carbocycles. The Bertz CT molecular complexity index is 439. The van der Waals surface area contributed by atoms with Crippen LogP contribution in [0.3, 0.4) is 0 Å². The van der Waals surface area contributed by atoms with E-state index < -0.39 is 0 Å². The molecule has 0 saturated carbocycles. The summed E-state index contributed by atoms with van der Waals surface area (Å²) in [6, 6.07) is 7.99. The van der Waals surface area contributed by atoms with Crippen molar-refractivity contribution >= 4 is 17.5 Å². The van der Waals surface area contributed by atoms with Gasteiger partial charge >= 0.3 is 0 Å². The first-order valence-corrected chi connectivity index (χ1v) is 7.35. The van der Waals surface area contributed by atoms with Gasteiger partial charge in [-0.05, 0) is 36.0 Å². The summed E-state index contributed by atoms with van der Waals surface area (Å²) in [5.74, 6) is 0.129. The predicted molar refractivity (Wildman–Crippen MR) is 79.9 cm³/mol. The third-order valence-corrected chi connectivity index (χ3v) is 4.15. The van der Waals surface area contributed by atoms with E-state index in [0.29, 0.717) is 0 Å². The van der Waals surface area contributed by atoms with E-state index in [0.717, 1.165) is 31.5 Å². The van der Waals surface area contributed by atoms with Crippen molar-refractivity contribution in [3.8, 4) is 0 Å². The first kappa shape index (κ1) is 14.4. The number of benzene rings is 1. The maximum Gasteiger partial charge on any atom is 0.253 e. The van der Waals surface area contributed by atoms with Crippen molar-refractivity contribution in [1.82, 2.24) is 4.90 Å². The number of carbonyl (C=O) groups excluding carboxylic acids is 1. The number of likely N-dealkylation sites (tertiary alicyclic amines) is 1. The molecule has 1 saturated heterocycles. The smallest absolute Gasteiger partial charge is 0.253 e. The average Bonchev–Trinajstić information content (AvgIpc) is 2.38. The van der Waals surface area contributed by atoms with Gasteiger partial charge in [0.15, 0.2) is 0 Å². The molecule has 0 unspecified atom stereocenters. The Morgan fingerprint density at radius 3 is 2.16 bits per heavy atom. The summed E-state index contributed by atoms with van der Waals surface area (Å²) in [5.41, 5.74) is 2.16. The zero-order chi connectivity index (χ0) is 14.0. The standard InChI is InChI=1S/C16H22ClNO/c1-16(2,3)13-6-4-12(5-7-13)15(19)18-10-8-14(17)9-11-18/h4-7,14H,8-11H2,1-3H3.